The van der Waals surface area contributed by atoms with E-state index < -0.39 is 0 Å². The fourth-order valence-corrected chi connectivity index (χ4v) is 2.40. The number of hydrogen-bond donors (Lipinski definition) is 1. The maximum atomic E-state index is 5.97. The molecule has 0 spiro atoms. The lowest BCUT2D eigenvalue weighted by Crippen LogP contribution is -2.28. The first kappa shape index (κ1) is 14.1. The Labute approximate surface area is 116 Å². The van der Waals surface area contributed by atoms with E-state index in [1.807, 2.05) is 12.4 Å². The van der Waals surface area contributed by atoms with Crippen molar-refractivity contribution in [1.29, 1.82) is 0 Å². The molecule has 1 aromatic heterocycles. The minimum Gasteiger partial charge on any atom is -0.489 e. The zero-order valence-corrected chi connectivity index (χ0v) is 12.1. The maximum Gasteiger partial charge on any atom is 0.140 e. The highest BCUT2D eigenvalue weighted by atomic mass is 16.5. The van der Waals surface area contributed by atoms with Gasteiger partial charge in [-0.3, -0.25) is 4.98 Å². The summed E-state index contributed by atoms with van der Waals surface area (Å²) < 4.78 is 5.97. The van der Waals surface area contributed by atoms with Crippen molar-refractivity contribution in [3.8, 4) is 5.75 Å². The van der Waals surface area contributed by atoms with E-state index in [0.717, 1.165) is 44.8 Å². The molecule has 0 radical (unpaired) electrons. The van der Waals surface area contributed by atoms with Crippen LogP contribution in [-0.2, 0) is 0 Å². The van der Waals surface area contributed by atoms with Crippen LogP contribution in [0.3, 0.4) is 0 Å². The first-order valence-electron chi connectivity index (χ1n) is 7.40. The second-order valence-corrected chi connectivity index (χ2v) is 5.03. The third-order valence-corrected chi connectivity index (χ3v) is 3.62. The summed E-state index contributed by atoms with van der Waals surface area (Å²) in [6, 6.07) is 2.12. The third kappa shape index (κ3) is 4.10. The van der Waals surface area contributed by atoms with Crippen LogP contribution < -0.4 is 15.0 Å². The van der Waals surface area contributed by atoms with Crippen molar-refractivity contribution >= 4 is 5.69 Å². The van der Waals surface area contributed by atoms with Crippen molar-refractivity contribution in [2.24, 2.45) is 0 Å². The van der Waals surface area contributed by atoms with E-state index in [9.17, 15) is 0 Å². The standard InChI is InChI=1S/C15H25N3O/c1-3-14(4-2)19-15-10-13(11-17-12-15)18-8-5-6-16-7-9-18/h10-12,14,16H,3-9H2,1-2H3. The van der Waals surface area contributed by atoms with Crippen molar-refractivity contribution in [2.75, 3.05) is 31.1 Å². The Morgan fingerprint density at radius 1 is 1.26 bits per heavy atom. The molecule has 0 bridgehead atoms. The van der Waals surface area contributed by atoms with Crippen LogP contribution in [0, 0.1) is 0 Å². The number of ether oxygens (including phenoxy) is 1. The summed E-state index contributed by atoms with van der Waals surface area (Å²) >= 11 is 0. The van der Waals surface area contributed by atoms with Gasteiger partial charge in [-0.1, -0.05) is 13.8 Å². The van der Waals surface area contributed by atoms with Crippen LogP contribution in [0.25, 0.3) is 0 Å². The van der Waals surface area contributed by atoms with Gasteiger partial charge in [-0.25, -0.2) is 0 Å². The van der Waals surface area contributed by atoms with Crippen molar-refractivity contribution < 1.29 is 4.74 Å². The zero-order valence-electron chi connectivity index (χ0n) is 12.1. The summed E-state index contributed by atoms with van der Waals surface area (Å²) in [6.07, 6.45) is 7.30. The molecule has 0 aromatic carbocycles. The van der Waals surface area contributed by atoms with Crippen molar-refractivity contribution in [2.45, 2.75) is 39.2 Å². The van der Waals surface area contributed by atoms with E-state index in [1.165, 1.54) is 12.1 Å². The minimum atomic E-state index is 0.294. The average molecular weight is 263 g/mol. The van der Waals surface area contributed by atoms with Gasteiger partial charge in [0.25, 0.3) is 0 Å². The van der Waals surface area contributed by atoms with E-state index in [0.29, 0.717) is 6.10 Å². The highest BCUT2D eigenvalue weighted by Gasteiger charge is 2.12. The van der Waals surface area contributed by atoms with Gasteiger partial charge in [0.05, 0.1) is 24.2 Å². The molecule has 106 valence electrons. The highest BCUT2D eigenvalue weighted by molar-refractivity contribution is 5.48. The molecular formula is C15H25N3O. The van der Waals surface area contributed by atoms with E-state index >= 15 is 0 Å². The maximum absolute atomic E-state index is 5.97. The van der Waals surface area contributed by atoms with Gasteiger partial charge in [-0.2, -0.15) is 0 Å². The minimum absolute atomic E-state index is 0.294. The average Bonchev–Trinajstić information content (AvgIpc) is 2.74. The van der Waals surface area contributed by atoms with E-state index in [1.54, 1.807) is 0 Å². The summed E-state index contributed by atoms with van der Waals surface area (Å²) in [4.78, 5) is 6.71. The summed E-state index contributed by atoms with van der Waals surface area (Å²) in [6.45, 7) is 8.59. The summed E-state index contributed by atoms with van der Waals surface area (Å²) in [5.74, 6) is 0.892. The zero-order chi connectivity index (χ0) is 13.5. The molecule has 4 heteroatoms. The summed E-state index contributed by atoms with van der Waals surface area (Å²) in [7, 11) is 0. The Morgan fingerprint density at radius 2 is 2.11 bits per heavy atom. The Bertz CT molecular complexity index is 371. The topological polar surface area (TPSA) is 37.4 Å². The molecule has 1 aliphatic heterocycles. The second kappa shape index (κ2) is 7.34. The van der Waals surface area contributed by atoms with Crippen LogP contribution in [0.1, 0.15) is 33.1 Å². The number of nitrogens with one attached hydrogen (secondary N) is 1. The van der Waals surface area contributed by atoms with Crippen molar-refractivity contribution in [1.82, 2.24) is 10.3 Å². The van der Waals surface area contributed by atoms with Crippen LogP contribution in [0.2, 0.25) is 0 Å². The van der Waals surface area contributed by atoms with E-state index in [2.05, 4.69) is 35.1 Å². The van der Waals surface area contributed by atoms with Gasteiger partial charge in [-0.15, -0.1) is 0 Å². The molecular weight excluding hydrogens is 238 g/mol. The van der Waals surface area contributed by atoms with Gasteiger partial charge in [0.2, 0.25) is 0 Å². The van der Waals surface area contributed by atoms with Crippen molar-refractivity contribution in [3.05, 3.63) is 18.5 Å². The number of hydrogen-bond acceptors (Lipinski definition) is 4. The fraction of sp³-hybridized carbons (Fsp3) is 0.667. The fourth-order valence-electron chi connectivity index (χ4n) is 2.40. The normalized spacial score (nSPS) is 16.5. The molecule has 1 aromatic rings. The summed E-state index contributed by atoms with van der Waals surface area (Å²) in [5.41, 5.74) is 1.17. The number of rotatable bonds is 5. The van der Waals surface area contributed by atoms with Gasteiger partial charge in [0, 0.05) is 25.7 Å². The van der Waals surface area contributed by atoms with E-state index in [-0.39, 0.29) is 0 Å². The van der Waals surface area contributed by atoms with Crippen LogP contribution in [-0.4, -0.2) is 37.3 Å². The smallest absolute Gasteiger partial charge is 0.140 e. The largest absolute Gasteiger partial charge is 0.489 e. The quantitative estimate of drug-likeness (QED) is 0.885. The van der Waals surface area contributed by atoms with Crippen LogP contribution in [0.4, 0.5) is 5.69 Å². The van der Waals surface area contributed by atoms with Gasteiger partial charge in [-0.05, 0) is 25.8 Å². The predicted molar refractivity (Wildman–Crippen MR) is 78.9 cm³/mol. The lowest BCUT2D eigenvalue weighted by molar-refractivity contribution is 0.192. The van der Waals surface area contributed by atoms with E-state index in [4.69, 9.17) is 4.74 Å². The van der Waals surface area contributed by atoms with Gasteiger partial charge in [0.15, 0.2) is 0 Å². The molecule has 0 aliphatic carbocycles. The van der Waals surface area contributed by atoms with Crippen molar-refractivity contribution in [3.63, 3.8) is 0 Å². The number of nitrogens with zero attached hydrogens (tertiary/aromatic N) is 2. The Morgan fingerprint density at radius 3 is 2.89 bits per heavy atom. The predicted octanol–water partition coefficient (Wildman–Crippen LogP) is 2.45. The number of pyridine rings is 1. The van der Waals surface area contributed by atoms with Gasteiger partial charge in [0.1, 0.15) is 5.75 Å². The SMILES string of the molecule is CCC(CC)Oc1cncc(N2CCCNCC2)c1. The van der Waals surface area contributed by atoms with Gasteiger partial charge < -0.3 is 15.0 Å². The Balaban J connectivity index is 2.05. The number of anilines is 1. The molecule has 4 nitrogen and oxygen atoms in total. The molecule has 2 rings (SSSR count). The summed E-state index contributed by atoms with van der Waals surface area (Å²) in [5, 5.41) is 3.42. The molecule has 19 heavy (non-hydrogen) atoms. The number of aromatic nitrogens is 1. The van der Waals surface area contributed by atoms with Crippen LogP contribution in [0.5, 0.6) is 5.75 Å². The Kier molecular flexibility index (Phi) is 5.45. The molecule has 0 unspecified atom stereocenters. The lowest BCUT2D eigenvalue weighted by atomic mass is 10.2. The Hall–Kier alpha value is -1.29. The molecule has 1 fully saturated rings. The second-order valence-electron chi connectivity index (χ2n) is 5.03. The molecule has 1 saturated heterocycles. The van der Waals surface area contributed by atoms with Gasteiger partial charge >= 0.3 is 0 Å². The molecule has 1 aliphatic rings. The first-order valence-corrected chi connectivity index (χ1v) is 7.40. The van der Waals surface area contributed by atoms with Crippen LogP contribution >= 0.6 is 0 Å². The molecule has 0 amide bonds. The highest BCUT2D eigenvalue weighted by Crippen LogP contribution is 2.22. The lowest BCUT2D eigenvalue weighted by Gasteiger charge is -2.23. The first-order chi connectivity index (χ1) is 9.33. The molecule has 2 heterocycles. The monoisotopic (exact) mass is 263 g/mol. The molecule has 1 N–H and O–H groups in total. The third-order valence-electron chi connectivity index (χ3n) is 3.62. The molecule has 0 atom stereocenters. The van der Waals surface area contributed by atoms with Crippen LogP contribution in [0.15, 0.2) is 18.5 Å². The molecule has 0 saturated carbocycles.